The highest BCUT2D eigenvalue weighted by atomic mass is 32.2. The van der Waals surface area contributed by atoms with Crippen LogP contribution in [0.1, 0.15) is 36.8 Å². The van der Waals surface area contributed by atoms with Gasteiger partial charge in [-0.25, -0.2) is 15.0 Å². The third-order valence-electron chi connectivity index (χ3n) is 5.68. The molecule has 0 bridgehead atoms. The first kappa shape index (κ1) is 24.4. The lowest BCUT2D eigenvalue weighted by molar-refractivity contribution is 0.102. The summed E-state index contributed by atoms with van der Waals surface area (Å²) in [6.07, 6.45) is 8.89. The van der Waals surface area contributed by atoms with Gasteiger partial charge in [-0.2, -0.15) is 4.39 Å². The summed E-state index contributed by atoms with van der Waals surface area (Å²) in [6, 6.07) is 1.51. The van der Waals surface area contributed by atoms with Crippen molar-refractivity contribution >= 4 is 28.5 Å². The van der Waals surface area contributed by atoms with Crippen molar-refractivity contribution in [1.82, 2.24) is 15.0 Å². The number of aromatic nitrogens is 3. The monoisotopic (exact) mass is 472 g/mol. The summed E-state index contributed by atoms with van der Waals surface area (Å²) in [6.45, 7) is 6.20. The molecular weight excluding hydrogens is 447 g/mol. The summed E-state index contributed by atoms with van der Waals surface area (Å²) in [7, 11) is 1.60. The number of ether oxygens (including phenoxy) is 2. The number of hydrogen-bond donors (Lipinski definition) is 2. The van der Waals surface area contributed by atoms with Crippen molar-refractivity contribution in [3.05, 3.63) is 41.9 Å². The number of terminal acetylenes is 1. The number of methoxy groups -OCH3 is 1. The molecule has 3 heterocycles. The molecule has 1 aliphatic rings. The van der Waals surface area contributed by atoms with Crippen LogP contribution in [-0.4, -0.2) is 51.1 Å². The van der Waals surface area contributed by atoms with Gasteiger partial charge in [0.1, 0.15) is 5.69 Å². The fourth-order valence-corrected chi connectivity index (χ4v) is 4.99. The van der Waals surface area contributed by atoms with E-state index in [4.69, 9.17) is 21.6 Å². The summed E-state index contributed by atoms with van der Waals surface area (Å²) in [5, 5.41) is 2.99. The van der Waals surface area contributed by atoms with E-state index in [0.717, 1.165) is 0 Å². The normalized spacial score (nSPS) is 24.5. The molecule has 3 N–H and O–H groups in total. The van der Waals surface area contributed by atoms with Crippen molar-refractivity contribution in [3.63, 3.8) is 0 Å². The van der Waals surface area contributed by atoms with Crippen LogP contribution in [0.3, 0.4) is 0 Å². The van der Waals surface area contributed by atoms with E-state index in [9.17, 15) is 9.18 Å². The molecular formula is C22H25FN6O3S. The number of halogens is 1. The van der Waals surface area contributed by atoms with Crippen LogP contribution < -0.4 is 15.8 Å². The molecule has 1 aliphatic heterocycles. The summed E-state index contributed by atoms with van der Waals surface area (Å²) in [4.78, 5) is 29.0. The van der Waals surface area contributed by atoms with Gasteiger partial charge in [-0.1, -0.05) is 24.6 Å². The predicted molar refractivity (Wildman–Crippen MR) is 125 cm³/mol. The van der Waals surface area contributed by atoms with E-state index in [2.05, 4.69) is 31.2 Å². The second-order valence-corrected chi connectivity index (χ2v) is 9.47. The predicted octanol–water partition coefficient (Wildman–Crippen LogP) is 2.59. The smallest absolute Gasteiger partial charge is 0.275 e. The Morgan fingerprint density at radius 3 is 2.73 bits per heavy atom. The van der Waals surface area contributed by atoms with E-state index in [1.807, 2.05) is 13.8 Å². The van der Waals surface area contributed by atoms with Gasteiger partial charge in [0, 0.05) is 23.3 Å². The molecule has 0 aliphatic carbocycles. The average molecular weight is 473 g/mol. The highest BCUT2D eigenvalue weighted by molar-refractivity contribution is 8.15. The summed E-state index contributed by atoms with van der Waals surface area (Å²) in [5.74, 6) is 1.09. The topological polar surface area (TPSA) is 125 Å². The number of amides is 1. The van der Waals surface area contributed by atoms with E-state index in [0.29, 0.717) is 11.8 Å². The van der Waals surface area contributed by atoms with Crippen molar-refractivity contribution in [2.24, 2.45) is 16.6 Å². The van der Waals surface area contributed by atoms with Crippen molar-refractivity contribution in [2.75, 3.05) is 25.6 Å². The zero-order chi connectivity index (χ0) is 24.2. The molecule has 0 saturated heterocycles. The Labute approximate surface area is 195 Å². The molecule has 33 heavy (non-hydrogen) atoms. The molecule has 3 rings (SSSR count). The molecule has 0 saturated carbocycles. The molecule has 1 amide bonds. The fraction of sp³-hybridized carbons (Fsp3) is 0.409. The number of amidine groups is 1. The first-order valence-electron chi connectivity index (χ1n) is 10.0. The van der Waals surface area contributed by atoms with Gasteiger partial charge >= 0.3 is 0 Å². The largest absolute Gasteiger partial charge is 0.463 e. The number of anilines is 1. The van der Waals surface area contributed by atoms with Gasteiger partial charge < -0.3 is 20.5 Å². The number of nitrogens with zero attached hydrogens (tertiary/aromatic N) is 4. The fourth-order valence-electron chi connectivity index (χ4n) is 3.69. The highest BCUT2D eigenvalue weighted by Gasteiger charge is 2.50. The zero-order valence-corrected chi connectivity index (χ0v) is 19.6. The Morgan fingerprint density at radius 2 is 2.09 bits per heavy atom. The van der Waals surface area contributed by atoms with Gasteiger partial charge in [-0.05, 0) is 19.9 Å². The molecule has 0 aromatic carbocycles. The first-order chi connectivity index (χ1) is 15.6. The lowest BCUT2D eigenvalue weighted by atomic mass is 9.74. The van der Waals surface area contributed by atoms with E-state index in [1.54, 1.807) is 14.0 Å². The highest BCUT2D eigenvalue weighted by Crippen LogP contribution is 2.50. The zero-order valence-electron chi connectivity index (χ0n) is 18.8. The lowest BCUT2D eigenvalue weighted by Gasteiger charge is -2.47. The summed E-state index contributed by atoms with van der Waals surface area (Å²) < 4.78 is 25.0. The Balaban J connectivity index is 1.88. The molecule has 0 radical (unpaired) electrons. The van der Waals surface area contributed by atoms with E-state index in [1.165, 1.54) is 36.4 Å². The number of aliphatic imine (C=N–C) groups is 1. The molecule has 174 valence electrons. The lowest BCUT2D eigenvalue weighted by Crippen LogP contribution is -2.50. The Bertz CT molecular complexity index is 1110. The van der Waals surface area contributed by atoms with Crippen LogP contribution in [0.2, 0.25) is 0 Å². The van der Waals surface area contributed by atoms with E-state index >= 15 is 0 Å². The third-order valence-corrected chi connectivity index (χ3v) is 6.91. The maximum absolute atomic E-state index is 14.9. The molecule has 11 heteroatoms. The Morgan fingerprint density at radius 1 is 1.33 bits per heavy atom. The van der Waals surface area contributed by atoms with Crippen LogP contribution in [0.25, 0.3) is 0 Å². The standard InChI is InChI=1S/C22H25FN6O3S/c1-6-7-32-17-11-25-16(10-26-17)19(30)28-14-8-15(18(23)27-9-14)22(4)13(2)21(3,12-31-5)33-20(24)29-22/h1,8-11,13H,7,12H2,2-5H3,(H2,24,29)(H,28,30)/t13-,21-,22+/m1/s1. The van der Waals surface area contributed by atoms with Gasteiger partial charge in [0.15, 0.2) is 11.8 Å². The van der Waals surface area contributed by atoms with Crippen LogP contribution in [0, 0.1) is 24.2 Å². The maximum atomic E-state index is 14.9. The second-order valence-electron chi connectivity index (χ2n) is 7.92. The second kappa shape index (κ2) is 9.72. The maximum Gasteiger partial charge on any atom is 0.275 e. The van der Waals surface area contributed by atoms with Gasteiger partial charge in [0.25, 0.3) is 5.91 Å². The molecule has 9 nitrogen and oxygen atoms in total. The summed E-state index contributed by atoms with van der Waals surface area (Å²) >= 11 is 1.40. The van der Waals surface area contributed by atoms with Crippen molar-refractivity contribution < 1.29 is 18.7 Å². The molecule has 2 aromatic rings. The molecule has 3 atom stereocenters. The van der Waals surface area contributed by atoms with Gasteiger partial charge in [0.05, 0.1) is 36.4 Å². The van der Waals surface area contributed by atoms with E-state index in [-0.39, 0.29) is 35.3 Å². The number of pyridine rings is 1. The molecule has 0 spiro atoms. The number of nitrogens with two attached hydrogens (primary N) is 1. The number of carbonyl (C=O) groups excluding carboxylic acids is 1. The minimum absolute atomic E-state index is 0.0381. The van der Waals surface area contributed by atoms with Gasteiger partial charge in [0.2, 0.25) is 11.8 Å². The minimum atomic E-state index is -1.03. The Hall–Kier alpha value is -3.23. The van der Waals surface area contributed by atoms with Crippen molar-refractivity contribution in [1.29, 1.82) is 0 Å². The minimum Gasteiger partial charge on any atom is -0.463 e. The van der Waals surface area contributed by atoms with Gasteiger partial charge in [-0.3, -0.25) is 9.79 Å². The number of hydrogen-bond acceptors (Lipinski definition) is 9. The quantitative estimate of drug-likeness (QED) is 0.465. The Kier molecular flexibility index (Phi) is 7.19. The van der Waals surface area contributed by atoms with Crippen LogP contribution in [0.15, 0.2) is 29.6 Å². The summed E-state index contributed by atoms with van der Waals surface area (Å²) in [5.41, 5.74) is 5.61. The number of thioether (sulfide) groups is 1. The molecule has 0 fully saturated rings. The van der Waals surface area contributed by atoms with Crippen LogP contribution >= 0.6 is 11.8 Å². The van der Waals surface area contributed by atoms with Crippen LogP contribution in [0.5, 0.6) is 5.88 Å². The van der Waals surface area contributed by atoms with Crippen LogP contribution in [0.4, 0.5) is 10.1 Å². The van der Waals surface area contributed by atoms with Crippen molar-refractivity contribution in [3.8, 4) is 18.2 Å². The number of carbonyl (C=O) groups is 1. The SMILES string of the molecule is C#CCOc1cnc(C(=O)Nc2cnc(F)c([C@@]3(C)N=C(N)S[C@](C)(COC)[C@H]3C)c2)cn1. The molecule has 0 unspecified atom stereocenters. The number of rotatable bonds is 7. The van der Waals surface area contributed by atoms with Gasteiger partial charge in [-0.15, -0.1) is 6.42 Å². The van der Waals surface area contributed by atoms with Crippen molar-refractivity contribution in [2.45, 2.75) is 31.1 Å². The molecule has 2 aromatic heterocycles. The first-order valence-corrected chi connectivity index (χ1v) is 10.8. The average Bonchev–Trinajstić information content (AvgIpc) is 2.77. The van der Waals surface area contributed by atoms with Crippen LogP contribution in [-0.2, 0) is 10.3 Å². The van der Waals surface area contributed by atoms with E-state index < -0.39 is 22.1 Å². The number of nitrogens with one attached hydrogen (secondary N) is 1. The third kappa shape index (κ3) is 5.07.